The van der Waals surface area contributed by atoms with Gasteiger partial charge in [-0.15, -0.1) is 0 Å². The molecule has 0 atom stereocenters. The van der Waals surface area contributed by atoms with Gasteiger partial charge in [0.05, 0.1) is 5.52 Å². The zero-order valence-corrected chi connectivity index (χ0v) is 11.7. The van der Waals surface area contributed by atoms with Crippen LogP contribution in [0.1, 0.15) is 26.7 Å². The first-order valence-corrected chi connectivity index (χ1v) is 6.86. The molecule has 0 saturated heterocycles. The summed E-state index contributed by atoms with van der Waals surface area (Å²) in [7, 11) is 1.82. The predicted molar refractivity (Wildman–Crippen MR) is 79.6 cm³/mol. The van der Waals surface area contributed by atoms with Crippen LogP contribution < -0.4 is 10.9 Å². The van der Waals surface area contributed by atoms with Crippen LogP contribution in [0.25, 0.3) is 10.9 Å². The highest BCUT2D eigenvalue weighted by atomic mass is 16.1. The summed E-state index contributed by atoms with van der Waals surface area (Å²) in [6, 6.07) is 9.76. The van der Waals surface area contributed by atoms with E-state index in [1.54, 1.807) is 10.6 Å². The summed E-state index contributed by atoms with van der Waals surface area (Å²) >= 11 is 0. The molecule has 1 saturated carbocycles. The third-order valence-electron chi connectivity index (χ3n) is 4.21. The summed E-state index contributed by atoms with van der Waals surface area (Å²) in [6.45, 7) is 4.44. The van der Waals surface area contributed by atoms with E-state index in [0.29, 0.717) is 0 Å². The number of benzene rings is 1. The fourth-order valence-corrected chi connectivity index (χ4v) is 2.77. The van der Waals surface area contributed by atoms with Crippen molar-refractivity contribution in [3.05, 3.63) is 40.7 Å². The van der Waals surface area contributed by atoms with Crippen LogP contribution in [0.15, 0.2) is 35.1 Å². The normalized spacial score (nSPS) is 15.7. The van der Waals surface area contributed by atoms with Gasteiger partial charge in [0.1, 0.15) is 0 Å². The third kappa shape index (κ3) is 2.14. The zero-order chi connectivity index (χ0) is 13.6. The minimum atomic E-state index is 0.0350. The zero-order valence-electron chi connectivity index (χ0n) is 11.7. The molecule has 1 aliphatic rings. The predicted octanol–water partition coefficient (Wildman–Crippen LogP) is 3.14. The van der Waals surface area contributed by atoms with Gasteiger partial charge in [0.2, 0.25) is 0 Å². The monoisotopic (exact) mass is 256 g/mol. The van der Waals surface area contributed by atoms with Crippen molar-refractivity contribution in [1.82, 2.24) is 4.57 Å². The van der Waals surface area contributed by atoms with Crippen molar-refractivity contribution in [1.29, 1.82) is 0 Å². The minimum Gasteiger partial charge on any atom is -0.379 e. The Bertz CT molecular complexity index is 681. The molecule has 1 aromatic carbocycles. The molecule has 0 aliphatic heterocycles. The number of rotatable bonds is 3. The van der Waals surface area contributed by atoms with Crippen LogP contribution in [0.2, 0.25) is 0 Å². The number of aryl methyl sites for hydroxylation is 1. The lowest BCUT2D eigenvalue weighted by Gasteiger charge is -2.28. The Balaban J connectivity index is 2.13. The summed E-state index contributed by atoms with van der Waals surface area (Å²) in [5, 5.41) is 4.69. The number of para-hydroxylation sites is 1. The van der Waals surface area contributed by atoms with E-state index in [1.807, 2.05) is 25.2 Å². The lowest BCUT2D eigenvalue weighted by molar-refractivity contribution is 0.495. The first-order chi connectivity index (χ1) is 8.99. The second kappa shape index (κ2) is 4.12. The Morgan fingerprint density at radius 1 is 1.26 bits per heavy atom. The van der Waals surface area contributed by atoms with E-state index in [2.05, 4.69) is 25.2 Å². The van der Waals surface area contributed by atoms with Gasteiger partial charge in [0.25, 0.3) is 5.56 Å². The molecule has 0 amide bonds. The van der Waals surface area contributed by atoms with Crippen molar-refractivity contribution in [3.63, 3.8) is 0 Å². The van der Waals surface area contributed by atoms with Crippen molar-refractivity contribution in [2.24, 2.45) is 13.0 Å². The number of hydrogen-bond donors (Lipinski definition) is 1. The highest BCUT2D eigenvalue weighted by Crippen LogP contribution is 2.41. The van der Waals surface area contributed by atoms with Gasteiger partial charge in [-0.2, -0.15) is 0 Å². The maximum absolute atomic E-state index is 12.0. The van der Waals surface area contributed by atoms with E-state index >= 15 is 0 Å². The van der Waals surface area contributed by atoms with Crippen molar-refractivity contribution in [3.8, 4) is 0 Å². The second-order valence-corrected chi connectivity index (χ2v) is 6.09. The highest BCUT2D eigenvalue weighted by Gasteiger charge is 2.37. The molecule has 1 aliphatic carbocycles. The van der Waals surface area contributed by atoms with Gasteiger partial charge in [-0.3, -0.25) is 4.79 Å². The molecule has 3 rings (SSSR count). The molecule has 0 bridgehead atoms. The number of pyridine rings is 1. The molecule has 0 unspecified atom stereocenters. The largest absolute Gasteiger partial charge is 0.379 e. The molecule has 0 spiro atoms. The van der Waals surface area contributed by atoms with Crippen LogP contribution in [0.3, 0.4) is 0 Å². The number of nitrogens with zero attached hydrogens (tertiary/aromatic N) is 1. The topological polar surface area (TPSA) is 34.0 Å². The first kappa shape index (κ1) is 12.3. The molecule has 2 aromatic rings. The summed E-state index contributed by atoms with van der Waals surface area (Å²) in [6.07, 6.45) is 2.56. The summed E-state index contributed by atoms with van der Waals surface area (Å²) in [5.41, 5.74) is 2.02. The number of hydrogen-bond acceptors (Lipinski definition) is 2. The van der Waals surface area contributed by atoms with E-state index in [9.17, 15) is 4.79 Å². The van der Waals surface area contributed by atoms with Gasteiger partial charge in [0, 0.05) is 29.7 Å². The van der Waals surface area contributed by atoms with Gasteiger partial charge >= 0.3 is 0 Å². The Hall–Kier alpha value is -1.77. The van der Waals surface area contributed by atoms with Crippen LogP contribution in [-0.4, -0.2) is 10.1 Å². The van der Waals surface area contributed by atoms with E-state index in [-0.39, 0.29) is 11.1 Å². The maximum Gasteiger partial charge on any atom is 0.252 e. The SMILES string of the molecule is Cn1c(=O)cc(NC(C)(C)C2CC2)c2ccccc21. The fourth-order valence-electron chi connectivity index (χ4n) is 2.77. The van der Waals surface area contributed by atoms with E-state index < -0.39 is 0 Å². The van der Waals surface area contributed by atoms with Crippen molar-refractivity contribution >= 4 is 16.6 Å². The Morgan fingerprint density at radius 3 is 2.63 bits per heavy atom. The van der Waals surface area contributed by atoms with Crippen molar-refractivity contribution in [2.75, 3.05) is 5.32 Å². The molecular weight excluding hydrogens is 236 g/mol. The number of fused-ring (bicyclic) bond motifs is 1. The number of anilines is 1. The Labute approximate surface area is 113 Å². The van der Waals surface area contributed by atoms with Gasteiger partial charge in [-0.25, -0.2) is 0 Å². The molecule has 1 heterocycles. The molecule has 0 radical (unpaired) electrons. The van der Waals surface area contributed by atoms with Crippen LogP contribution >= 0.6 is 0 Å². The number of nitrogens with one attached hydrogen (secondary N) is 1. The third-order valence-corrected chi connectivity index (χ3v) is 4.21. The van der Waals surface area contributed by atoms with Gasteiger partial charge in [-0.05, 0) is 38.7 Å². The van der Waals surface area contributed by atoms with Crippen LogP contribution in [0.5, 0.6) is 0 Å². The smallest absolute Gasteiger partial charge is 0.252 e. The Morgan fingerprint density at radius 2 is 1.95 bits per heavy atom. The highest BCUT2D eigenvalue weighted by molar-refractivity contribution is 5.91. The van der Waals surface area contributed by atoms with Gasteiger partial charge in [0.15, 0.2) is 0 Å². The lowest BCUT2D eigenvalue weighted by Crippen LogP contribution is -2.34. The van der Waals surface area contributed by atoms with Crippen molar-refractivity contribution in [2.45, 2.75) is 32.2 Å². The average Bonchev–Trinajstić information content (AvgIpc) is 3.20. The molecule has 1 aromatic heterocycles. The fraction of sp³-hybridized carbons (Fsp3) is 0.438. The average molecular weight is 256 g/mol. The molecule has 1 N–H and O–H groups in total. The summed E-state index contributed by atoms with van der Waals surface area (Å²) in [4.78, 5) is 12.0. The molecule has 19 heavy (non-hydrogen) atoms. The standard InChI is InChI=1S/C16H20N2O/c1-16(2,11-8-9-11)17-13-10-15(19)18(3)14-7-5-4-6-12(13)14/h4-7,10-11,17H,8-9H2,1-3H3. The van der Waals surface area contributed by atoms with Crippen LogP contribution in [0.4, 0.5) is 5.69 Å². The molecule has 100 valence electrons. The molecule has 3 heteroatoms. The Kier molecular flexibility index (Phi) is 2.66. The van der Waals surface area contributed by atoms with Crippen molar-refractivity contribution < 1.29 is 0 Å². The summed E-state index contributed by atoms with van der Waals surface area (Å²) < 4.78 is 1.70. The minimum absolute atomic E-state index is 0.0350. The maximum atomic E-state index is 12.0. The van der Waals surface area contributed by atoms with E-state index in [4.69, 9.17) is 0 Å². The molecular formula is C16H20N2O. The van der Waals surface area contributed by atoms with Gasteiger partial charge in [-0.1, -0.05) is 18.2 Å². The summed E-state index contributed by atoms with van der Waals surface area (Å²) in [5.74, 6) is 0.718. The number of aromatic nitrogens is 1. The van der Waals surface area contributed by atoms with Gasteiger partial charge < -0.3 is 9.88 Å². The van der Waals surface area contributed by atoms with Crippen LogP contribution in [-0.2, 0) is 7.05 Å². The van der Waals surface area contributed by atoms with Crippen LogP contribution in [0, 0.1) is 5.92 Å². The lowest BCUT2D eigenvalue weighted by atomic mass is 9.98. The quantitative estimate of drug-likeness (QED) is 0.915. The molecule has 3 nitrogen and oxygen atoms in total. The van der Waals surface area contributed by atoms with E-state index in [0.717, 1.165) is 22.5 Å². The molecule has 1 fully saturated rings. The second-order valence-electron chi connectivity index (χ2n) is 6.09. The first-order valence-electron chi connectivity index (χ1n) is 6.86. The van der Waals surface area contributed by atoms with E-state index in [1.165, 1.54) is 12.8 Å².